The number of carbonyl (C=O) groups excluding carboxylic acids is 1. The predicted molar refractivity (Wildman–Crippen MR) is 126 cm³/mol. The summed E-state index contributed by atoms with van der Waals surface area (Å²) in [7, 11) is 0. The average molecular weight is 453 g/mol. The van der Waals surface area contributed by atoms with Crippen LogP contribution in [0, 0.1) is 0 Å². The molecule has 0 amide bonds. The monoisotopic (exact) mass is 452 g/mol. The maximum absolute atomic E-state index is 12.5. The Kier molecular flexibility index (Phi) is 6.62. The zero-order valence-electron chi connectivity index (χ0n) is 18.8. The lowest BCUT2D eigenvalue weighted by Crippen LogP contribution is -2.40. The molecule has 0 aliphatic carbocycles. The van der Waals surface area contributed by atoms with Crippen LogP contribution in [-0.2, 0) is 9.47 Å². The van der Waals surface area contributed by atoms with E-state index in [4.69, 9.17) is 14.5 Å². The summed E-state index contributed by atoms with van der Waals surface area (Å²) in [5.74, 6) is 0.275. The molecule has 2 aromatic heterocycles. The number of aromatic nitrogens is 3. The summed E-state index contributed by atoms with van der Waals surface area (Å²) in [5, 5.41) is 5.04. The summed E-state index contributed by atoms with van der Waals surface area (Å²) in [6, 6.07) is 11.0. The van der Waals surface area contributed by atoms with Crippen LogP contribution in [0.5, 0.6) is 0 Å². The van der Waals surface area contributed by atoms with E-state index in [-0.39, 0.29) is 17.6 Å². The van der Waals surface area contributed by atoms with Gasteiger partial charge in [-0.15, -0.1) is 0 Å². The Bertz CT molecular complexity index is 1100. The van der Waals surface area contributed by atoms with E-state index in [0.29, 0.717) is 28.8 Å². The molecule has 3 aromatic rings. The van der Waals surface area contributed by atoms with Crippen LogP contribution in [0.1, 0.15) is 55.8 Å². The van der Waals surface area contributed by atoms with Crippen molar-refractivity contribution in [2.75, 3.05) is 18.2 Å². The number of pyridine rings is 1. The molecule has 1 N–H and O–H groups in total. The highest BCUT2D eigenvalue weighted by Gasteiger charge is 2.28. The van der Waals surface area contributed by atoms with Gasteiger partial charge in [-0.05, 0) is 58.1 Å². The zero-order valence-corrected chi connectivity index (χ0v) is 19.6. The van der Waals surface area contributed by atoms with E-state index in [0.717, 1.165) is 23.7 Å². The number of benzene rings is 1. The summed E-state index contributed by atoms with van der Waals surface area (Å²) in [6.45, 7) is 6.64. The highest BCUT2D eigenvalue weighted by Crippen LogP contribution is 2.30. The van der Waals surface area contributed by atoms with Crippen LogP contribution in [0.25, 0.3) is 10.9 Å². The number of ether oxygens (including phenoxy) is 2. The molecule has 1 aliphatic heterocycles. The van der Waals surface area contributed by atoms with Crippen molar-refractivity contribution in [2.24, 2.45) is 0 Å². The second-order valence-corrected chi connectivity index (χ2v) is 9.33. The number of fused-ring (bicyclic) bond motifs is 1. The minimum Gasteiger partial charge on any atom is -0.453 e. The number of rotatable bonds is 6. The number of nitrogens with one attached hydrogen (secondary N) is 1. The molecule has 8 heteroatoms. The SMILES string of the molecule is CSc1ncc2cc([C@@H](C)OC(=O)c3ccccc3)nc(NC3CCC(C)(C)OC3)c2n1. The first kappa shape index (κ1) is 22.5. The number of nitrogens with zero attached hydrogens (tertiary/aromatic N) is 3. The first-order valence-corrected chi connectivity index (χ1v) is 12.0. The predicted octanol–water partition coefficient (Wildman–Crippen LogP) is 5.03. The minimum atomic E-state index is -0.533. The van der Waals surface area contributed by atoms with Crippen LogP contribution in [0.4, 0.5) is 5.82 Å². The lowest BCUT2D eigenvalue weighted by Gasteiger charge is -2.35. The van der Waals surface area contributed by atoms with Crippen LogP contribution in [0.3, 0.4) is 0 Å². The number of thioether (sulfide) groups is 1. The molecule has 3 heterocycles. The summed E-state index contributed by atoms with van der Waals surface area (Å²) in [4.78, 5) is 26.4. The number of hydrogen-bond acceptors (Lipinski definition) is 8. The Morgan fingerprint density at radius 1 is 1.28 bits per heavy atom. The molecular weight excluding hydrogens is 424 g/mol. The van der Waals surface area contributed by atoms with Gasteiger partial charge in [-0.3, -0.25) is 0 Å². The molecule has 7 nitrogen and oxygen atoms in total. The van der Waals surface area contributed by atoms with Crippen molar-refractivity contribution in [3.8, 4) is 0 Å². The average Bonchev–Trinajstić information content (AvgIpc) is 2.80. The molecule has 4 rings (SSSR count). The quantitative estimate of drug-likeness (QED) is 0.316. The molecule has 0 spiro atoms. The smallest absolute Gasteiger partial charge is 0.338 e. The Balaban J connectivity index is 1.62. The Morgan fingerprint density at radius 3 is 2.75 bits per heavy atom. The van der Waals surface area contributed by atoms with Gasteiger partial charge in [0.25, 0.3) is 0 Å². The number of anilines is 1. The molecule has 1 aromatic carbocycles. The third-order valence-corrected chi connectivity index (χ3v) is 6.13. The Hall–Kier alpha value is -2.71. The van der Waals surface area contributed by atoms with E-state index >= 15 is 0 Å². The molecule has 2 atom stereocenters. The zero-order chi connectivity index (χ0) is 22.7. The molecular formula is C24H28N4O3S. The van der Waals surface area contributed by atoms with E-state index < -0.39 is 6.10 Å². The van der Waals surface area contributed by atoms with Gasteiger partial charge >= 0.3 is 5.97 Å². The fraction of sp³-hybridized carbons (Fsp3) is 0.417. The largest absolute Gasteiger partial charge is 0.453 e. The van der Waals surface area contributed by atoms with Gasteiger partial charge in [0.05, 0.1) is 29.5 Å². The maximum Gasteiger partial charge on any atom is 0.338 e. The van der Waals surface area contributed by atoms with Crippen molar-refractivity contribution in [3.05, 3.63) is 53.9 Å². The lowest BCUT2D eigenvalue weighted by molar-refractivity contribution is -0.0563. The second-order valence-electron chi connectivity index (χ2n) is 8.55. The minimum absolute atomic E-state index is 0.107. The highest BCUT2D eigenvalue weighted by molar-refractivity contribution is 7.98. The van der Waals surface area contributed by atoms with Crippen LogP contribution < -0.4 is 5.32 Å². The summed E-state index contributed by atoms with van der Waals surface area (Å²) < 4.78 is 11.7. The fourth-order valence-electron chi connectivity index (χ4n) is 3.63. The van der Waals surface area contributed by atoms with Gasteiger partial charge in [0.1, 0.15) is 11.6 Å². The molecule has 1 saturated heterocycles. The third kappa shape index (κ3) is 5.19. The first-order chi connectivity index (χ1) is 15.3. The molecule has 32 heavy (non-hydrogen) atoms. The van der Waals surface area contributed by atoms with Crippen molar-refractivity contribution in [1.82, 2.24) is 15.0 Å². The fourth-order valence-corrected chi connectivity index (χ4v) is 3.97. The van der Waals surface area contributed by atoms with Crippen LogP contribution in [0.2, 0.25) is 0 Å². The summed E-state index contributed by atoms with van der Waals surface area (Å²) in [5.41, 5.74) is 1.79. The van der Waals surface area contributed by atoms with Gasteiger partial charge in [0.2, 0.25) is 0 Å². The number of hydrogen-bond donors (Lipinski definition) is 1. The molecule has 1 unspecified atom stereocenters. The molecule has 1 fully saturated rings. The normalized spacial score (nSPS) is 18.8. The van der Waals surface area contributed by atoms with Crippen molar-refractivity contribution in [2.45, 2.75) is 56.5 Å². The van der Waals surface area contributed by atoms with Gasteiger partial charge in [0, 0.05) is 11.6 Å². The Labute approximate surface area is 192 Å². The van der Waals surface area contributed by atoms with Crippen LogP contribution in [0.15, 0.2) is 47.8 Å². The van der Waals surface area contributed by atoms with Gasteiger partial charge in [-0.2, -0.15) is 0 Å². The molecule has 1 aliphatic rings. The van der Waals surface area contributed by atoms with Gasteiger partial charge in [-0.25, -0.2) is 19.7 Å². The van der Waals surface area contributed by atoms with E-state index in [1.165, 1.54) is 11.8 Å². The maximum atomic E-state index is 12.5. The van der Waals surface area contributed by atoms with E-state index in [1.807, 2.05) is 37.4 Å². The first-order valence-electron chi connectivity index (χ1n) is 10.7. The van der Waals surface area contributed by atoms with E-state index in [9.17, 15) is 4.79 Å². The van der Waals surface area contributed by atoms with Crippen molar-refractivity contribution >= 4 is 34.5 Å². The Morgan fingerprint density at radius 2 is 2.06 bits per heavy atom. The van der Waals surface area contributed by atoms with Crippen molar-refractivity contribution in [3.63, 3.8) is 0 Å². The molecule has 0 radical (unpaired) electrons. The molecule has 0 bridgehead atoms. The molecule has 0 saturated carbocycles. The number of esters is 1. The second kappa shape index (κ2) is 9.42. The number of carbonyl (C=O) groups is 1. The van der Waals surface area contributed by atoms with Gasteiger partial charge in [-0.1, -0.05) is 30.0 Å². The topological polar surface area (TPSA) is 86.2 Å². The third-order valence-electron chi connectivity index (χ3n) is 5.57. The van der Waals surface area contributed by atoms with E-state index in [2.05, 4.69) is 29.1 Å². The van der Waals surface area contributed by atoms with Crippen molar-refractivity contribution in [1.29, 1.82) is 0 Å². The summed E-state index contributed by atoms with van der Waals surface area (Å²) in [6.07, 6.45) is 5.13. The van der Waals surface area contributed by atoms with Crippen LogP contribution >= 0.6 is 11.8 Å². The van der Waals surface area contributed by atoms with Crippen LogP contribution in [-0.4, -0.2) is 45.4 Å². The standard InChI is InChI=1S/C24H28N4O3S/c1-15(31-22(29)16-8-6-5-7-9-16)19-12-17-13-25-23(32-4)28-20(17)21(27-19)26-18-10-11-24(2,3)30-14-18/h5-9,12-13,15,18H,10-11,14H2,1-4H3,(H,26,27)/t15-,18?/m1/s1. The lowest BCUT2D eigenvalue weighted by atomic mass is 9.96. The molecule has 168 valence electrons. The summed E-state index contributed by atoms with van der Waals surface area (Å²) >= 11 is 1.48. The highest BCUT2D eigenvalue weighted by atomic mass is 32.2. The van der Waals surface area contributed by atoms with Gasteiger partial charge in [0.15, 0.2) is 11.0 Å². The van der Waals surface area contributed by atoms with Gasteiger partial charge < -0.3 is 14.8 Å². The van der Waals surface area contributed by atoms with Crippen molar-refractivity contribution < 1.29 is 14.3 Å². The van der Waals surface area contributed by atoms with E-state index in [1.54, 1.807) is 18.3 Å².